The van der Waals surface area contributed by atoms with Gasteiger partial charge in [0.25, 0.3) is 0 Å². The van der Waals surface area contributed by atoms with Crippen LogP contribution in [-0.2, 0) is 16.8 Å². The van der Waals surface area contributed by atoms with Crippen LogP contribution in [0.4, 0.5) is 0 Å². The molecule has 2 unspecified atom stereocenters. The third-order valence-electron chi connectivity index (χ3n) is 3.00. The first-order valence-corrected chi connectivity index (χ1v) is 6.22. The molecule has 2 N–H and O–H groups in total. The Morgan fingerprint density at radius 3 is 2.71 bits per heavy atom. The molecule has 0 aliphatic carbocycles. The van der Waals surface area contributed by atoms with Crippen molar-refractivity contribution in [1.29, 1.82) is 0 Å². The van der Waals surface area contributed by atoms with Gasteiger partial charge in [0.2, 0.25) is 11.7 Å². The number of aromatic nitrogens is 2. The molecule has 98 valence electrons. The molecule has 5 heteroatoms. The highest BCUT2D eigenvalue weighted by molar-refractivity contribution is 4.99. The Morgan fingerprint density at radius 2 is 2.18 bits per heavy atom. The zero-order valence-corrected chi connectivity index (χ0v) is 11.2. The zero-order valence-electron chi connectivity index (χ0n) is 11.2. The van der Waals surface area contributed by atoms with E-state index in [0.717, 1.165) is 12.8 Å². The van der Waals surface area contributed by atoms with E-state index in [-0.39, 0.29) is 0 Å². The van der Waals surface area contributed by atoms with Gasteiger partial charge in [-0.15, -0.1) is 0 Å². The van der Waals surface area contributed by atoms with E-state index < -0.39 is 5.60 Å². The van der Waals surface area contributed by atoms with E-state index in [4.69, 9.17) is 15.0 Å². The zero-order chi connectivity index (χ0) is 12.9. The highest BCUT2D eigenvalue weighted by atomic mass is 16.5. The maximum absolute atomic E-state index is 5.70. The molecule has 0 fully saturated rings. The topological polar surface area (TPSA) is 74.2 Å². The summed E-state index contributed by atoms with van der Waals surface area (Å²) in [6, 6.07) is 0. The van der Waals surface area contributed by atoms with Crippen LogP contribution in [0.25, 0.3) is 0 Å². The average molecular weight is 241 g/mol. The molecule has 0 bridgehead atoms. The van der Waals surface area contributed by atoms with Crippen LogP contribution in [0.2, 0.25) is 0 Å². The highest BCUT2D eigenvalue weighted by Crippen LogP contribution is 2.26. The third-order valence-corrected chi connectivity index (χ3v) is 3.00. The van der Waals surface area contributed by atoms with E-state index in [9.17, 15) is 0 Å². The van der Waals surface area contributed by atoms with Gasteiger partial charge in [0, 0.05) is 13.0 Å². The molecule has 5 nitrogen and oxygen atoms in total. The van der Waals surface area contributed by atoms with Crippen molar-refractivity contribution in [3.63, 3.8) is 0 Å². The molecule has 2 atom stereocenters. The van der Waals surface area contributed by atoms with Crippen LogP contribution in [0.5, 0.6) is 0 Å². The van der Waals surface area contributed by atoms with Gasteiger partial charge < -0.3 is 15.0 Å². The third kappa shape index (κ3) is 3.51. The molecule has 0 aromatic carbocycles. The average Bonchev–Trinajstić information content (AvgIpc) is 2.78. The summed E-state index contributed by atoms with van der Waals surface area (Å²) >= 11 is 0. The molecule has 0 saturated carbocycles. The van der Waals surface area contributed by atoms with Gasteiger partial charge in [-0.1, -0.05) is 19.0 Å². The van der Waals surface area contributed by atoms with Crippen molar-refractivity contribution in [2.75, 3.05) is 13.2 Å². The fraction of sp³-hybridized carbons (Fsp3) is 0.833. The largest absolute Gasteiger partial charge is 0.367 e. The standard InChI is InChI=1S/C12H23N3O2/c1-5-12(4,16-6-2)11-14-10(17-15-11)7-9(3)8-13/h9H,5-8,13H2,1-4H3. The fourth-order valence-corrected chi connectivity index (χ4v) is 1.58. The van der Waals surface area contributed by atoms with Crippen LogP contribution in [0.1, 0.15) is 45.8 Å². The van der Waals surface area contributed by atoms with Crippen LogP contribution in [-0.4, -0.2) is 23.3 Å². The minimum Gasteiger partial charge on any atom is -0.367 e. The summed E-state index contributed by atoms with van der Waals surface area (Å²) in [5, 5.41) is 4.01. The number of nitrogens with zero attached hydrogens (tertiary/aromatic N) is 2. The Kier molecular flexibility index (Phi) is 5.08. The molecule has 1 heterocycles. The lowest BCUT2D eigenvalue weighted by Crippen LogP contribution is -2.26. The first-order valence-electron chi connectivity index (χ1n) is 6.22. The molecule has 0 saturated heterocycles. The Balaban J connectivity index is 2.78. The maximum Gasteiger partial charge on any atom is 0.227 e. The minimum atomic E-state index is -0.456. The predicted octanol–water partition coefficient (Wildman–Crippen LogP) is 1.87. The summed E-state index contributed by atoms with van der Waals surface area (Å²) in [4.78, 5) is 4.40. The van der Waals surface area contributed by atoms with E-state index in [2.05, 4.69) is 17.1 Å². The molecule has 1 aromatic rings. The molecular formula is C12H23N3O2. The van der Waals surface area contributed by atoms with Crippen LogP contribution >= 0.6 is 0 Å². The van der Waals surface area contributed by atoms with Crippen LogP contribution in [0, 0.1) is 5.92 Å². The van der Waals surface area contributed by atoms with Crippen LogP contribution in [0.3, 0.4) is 0 Å². The lowest BCUT2D eigenvalue weighted by Gasteiger charge is -2.23. The summed E-state index contributed by atoms with van der Waals surface area (Å²) in [6.07, 6.45) is 1.53. The molecule has 1 aromatic heterocycles. The molecule has 0 aliphatic rings. The van der Waals surface area contributed by atoms with Crippen molar-refractivity contribution in [3.8, 4) is 0 Å². The number of hydrogen-bond acceptors (Lipinski definition) is 5. The van der Waals surface area contributed by atoms with Gasteiger partial charge in [0.1, 0.15) is 5.60 Å². The van der Waals surface area contributed by atoms with Crippen molar-refractivity contribution < 1.29 is 9.26 Å². The van der Waals surface area contributed by atoms with E-state index in [1.165, 1.54) is 0 Å². The Labute approximate surface area is 103 Å². The first-order chi connectivity index (χ1) is 8.05. The smallest absolute Gasteiger partial charge is 0.227 e. The van der Waals surface area contributed by atoms with Crippen LogP contribution in [0.15, 0.2) is 4.52 Å². The van der Waals surface area contributed by atoms with Gasteiger partial charge in [0.05, 0.1) is 0 Å². The summed E-state index contributed by atoms with van der Waals surface area (Å²) in [6.45, 7) is 9.31. The van der Waals surface area contributed by atoms with Crippen molar-refractivity contribution in [3.05, 3.63) is 11.7 Å². The van der Waals surface area contributed by atoms with Crippen molar-refractivity contribution in [1.82, 2.24) is 10.1 Å². The van der Waals surface area contributed by atoms with E-state index >= 15 is 0 Å². The SMILES string of the molecule is CCOC(C)(CC)c1noc(CC(C)CN)n1. The van der Waals surface area contributed by atoms with Crippen molar-refractivity contribution >= 4 is 0 Å². The molecule has 0 radical (unpaired) electrons. The molecule has 17 heavy (non-hydrogen) atoms. The fourth-order valence-electron chi connectivity index (χ4n) is 1.58. The second kappa shape index (κ2) is 6.12. The maximum atomic E-state index is 5.70. The van der Waals surface area contributed by atoms with Gasteiger partial charge >= 0.3 is 0 Å². The molecule has 0 spiro atoms. The molecular weight excluding hydrogens is 218 g/mol. The Hall–Kier alpha value is -0.940. The number of rotatable bonds is 7. The van der Waals surface area contributed by atoms with Gasteiger partial charge in [0.15, 0.2) is 0 Å². The monoisotopic (exact) mass is 241 g/mol. The molecule has 0 aliphatic heterocycles. The Morgan fingerprint density at radius 1 is 1.47 bits per heavy atom. The van der Waals surface area contributed by atoms with Crippen LogP contribution < -0.4 is 5.73 Å². The molecule has 1 rings (SSSR count). The summed E-state index contributed by atoms with van der Waals surface area (Å²) in [5.74, 6) is 1.61. The van der Waals surface area contributed by atoms with Crippen molar-refractivity contribution in [2.45, 2.75) is 46.1 Å². The second-order valence-corrected chi connectivity index (χ2v) is 4.57. The summed E-state index contributed by atoms with van der Waals surface area (Å²) in [7, 11) is 0. The van der Waals surface area contributed by atoms with E-state index in [1.54, 1.807) is 0 Å². The highest BCUT2D eigenvalue weighted by Gasteiger charge is 2.30. The van der Waals surface area contributed by atoms with Gasteiger partial charge in [-0.25, -0.2) is 0 Å². The van der Waals surface area contributed by atoms with E-state index in [0.29, 0.717) is 30.8 Å². The summed E-state index contributed by atoms with van der Waals surface area (Å²) < 4.78 is 10.9. The summed E-state index contributed by atoms with van der Waals surface area (Å²) in [5.41, 5.74) is 5.12. The van der Waals surface area contributed by atoms with Gasteiger partial charge in [-0.05, 0) is 32.7 Å². The predicted molar refractivity (Wildman–Crippen MR) is 65.5 cm³/mol. The van der Waals surface area contributed by atoms with Gasteiger partial charge in [-0.3, -0.25) is 0 Å². The normalized spacial score (nSPS) is 16.8. The number of hydrogen-bond donors (Lipinski definition) is 1. The van der Waals surface area contributed by atoms with E-state index in [1.807, 2.05) is 20.8 Å². The quantitative estimate of drug-likeness (QED) is 0.788. The second-order valence-electron chi connectivity index (χ2n) is 4.57. The van der Waals surface area contributed by atoms with Gasteiger partial charge in [-0.2, -0.15) is 4.98 Å². The minimum absolute atomic E-state index is 0.350. The first kappa shape index (κ1) is 14.1. The van der Waals surface area contributed by atoms with Crippen molar-refractivity contribution in [2.24, 2.45) is 11.7 Å². The lowest BCUT2D eigenvalue weighted by atomic mass is 10.0. The Bertz CT molecular complexity index is 340. The lowest BCUT2D eigenvalue weighted by molar-refractivity contribution is -0.0403. The number of nitrogens with two attached hydrogens (primary N) is 1. The molecule has 0 amide bonds. The number of ether oxygens (including phenoxy) is 1.